The fourth-order valence-corrected chi connectivity index (χ4v) is 6.08. The molecule has 12 heteroatoms. The van der Waals surface area contributed by atoms with Gasteiger partial charge in [0.2, 0.25) is 0 Å². The average Bonchev–Trinajstić information content (AvgIpc) is 2.98. The Kier molecular flexibility index (Phi) is 6.55. The minimum atomic E-state index is -3.67. The molecule has 32 heavy (non-hydrogen) atoms. The second-order valence-electron chi connectivity index (χ2n) is 9.25. The van der Waals surface area contributed by atoms with Crippen molar-refractivity contribution in [3.05, 3.63) is 33.1 Å². The van der Waals surface area contributed by atoms with Crippen LogP contribution < -0.4 is 11.2 Å². The topological polar surface area (TPSA) is 150 Å². The molecule has 1 unspecified atom stereocenters. The monoisotopic (exact) mass is 469 g/mol. The second kappa shape index (κ2) is 8.60. The van der Waals surface area contributed by atoms with Crippen molar-refractivity contribution in [2.45, 2.75) is 53.1 Å². The Balaban J connectivity index is 1.80. The van der Waals surface area contributed by atoms with Crippen LogP contribution in [0.3, 0.4) is 0 Å². The molecule has 3 heterocycles. The van der Waals surface area contributed by atoms with Crippen LogP contribution in [0.15, 0.2) is 21.9 Å². The number of ether oxygens (including phenoxy) is 2. The van der Waals surface area contributed by atoms with Gasteiger partial charge >= 0.3 is 19.3 Å². The van der Waals surface area contributed by atoms with Gasteiger partial charge in [-0.1, -0.05) is 0 Å². The number of esters is 1. The van der Waals surface area contributed by atoms with Gasteiger partial charge in [-0.3, -0.25) is 23.7 Å². The van der Waals surface area contributed by atoms with Crippen LogP contribution in [0.5, 0.6) is 0 Å². The number of nitriles is 1. The van der Waals surface area contributed by atoms with Gasteiger partial charge in [0, 0.05) is 18.2 Å². The first-order valence-electron chi connectivity index (χ1n) is 10.3. The lowest BCUT2D eigenvalue weighted by Gasteiger charge is -2.35. The van der Waals surface area contributed by atoms with Crippen LogP contribution in [0.2, 0.25) is 0 Å². The fraction of sp³-hybridized carbons (Fsp3) is 0.700. The first-order chi connectivity index (χ1) is 14.8. The number of hydrogen-bond donors (Lipinski definition) is 1. The maximum absolute atomic E-state index is 13.3. The number of carbonyl (C=O) groups excluding carboxylic acids is 1. The molecule has 1 N–H and O–H groups in total. The third kappa shape index (κ3) is 4.59. The van der Waals surface area contributed by atoms with E-state index in [1.807, 2.05) is 0 Å². The number of nitrogens with one attached hydrogen (secondary N) is 1. The van der Waals surface area contributed by atoms with E-state index in [0.29, 0.717) is 0 Å². The van der Waals surface area contributed by atoms with Gasteiger partial charge in [-0.2, -0.15) is 5.26 Å². The van der Waals surface area contributed by atoms with E-state index >= 15 is 0 Å². The summed E-state index contributed by atoms with van der Waals surface area (Å²) in [6.45, 7) is 8.01. The molecule has 3 rings (SSSR count). The summed E-state index contributed by atoms with van der Waals surface area (Å²) in [5, 5.41) is 9.98. The predicted octanol–water partition coefficient (Wildman–Crippen LogP) is 1.80. The highest BCUT2D eigenvalue weighted by Crippen LogP contribution is 2.62. The average molecular weight is 469 g/mol. The smallest absolute Gasteiger partial charge is 0.331 e. The van der Waals surface area contributed by atoms with E-state index in [1.54, 1.807) is 34.6 Å². The van der Waals surface area contributed by atoms with Gasteiger partial charge < -0.3 is 18.5 Å². The zero-order valence-corrected chi connectivity index (χ0v) is 19.6. The van der Waals surface area contributed by atoms with E-state index in [1.165, 1.54) is 6.20 Å². The molecule has 0 spiro atoms. The second-order valence-corrected chi connectivity index (χ2v) is 11.3. The Morgan fingerprint density at radius 1 is 1.47 bits per heavy atom. The van der Waals surface area contributed by atoms with E-state index in [4.69, 9.17) is 18.5 Å². The first kappa shape index (κ1) is 24.4. The van der Waals surface area contributed by atoms with Crippen molar-refractivity contribution in [3.63, 3.8) is 0 Å². The number of hydrogen-bond acceptors (Lipinski definition) is 9. The molecule has 0 aliphatic carbocycles. The van der Waals surface area contributed by atoms with E-state index in [-0.39, 0.29) is 25.5 Å². The van der Waals surface area contributed by atoms with E-state index < -0.39 is 53.9 Å². The summed E-state index contributed by atoms with van der Waals surface area (Å²) in [7, 11) is -3.67. The Morgan fingerprint density at radius 3 is 2.75 bits per heavy atom. The maximum Gasteiger partial charge on any atom is 0.331 e. The molecule has 1 aromatic heterocycles. The third-order valence-corrected chi connectivity index (χ3v) is 7.66. The van der Waals surface area contributed by atoms with Gasteiger partial charge in [0.25, 0.3) is 5.56 Å². The first-order valence-corrected chi connectivity index (χ1v) is 12.0. The van der Waals surface area contributed by atoms with Gasteiger partial charge in [0.05, 0.1) is 43.1 Å². The minimum absolute atomic E-state index is 0.106. The molecule has 1 aromatic rings. The lowest BCUT2D eigenvalue weighted by molar-refractivity contribution is -0.159. The molecule has 176 valence electrons. The lowest BCUT2D eigenvalue weighted by Crippen LogP contribution is -2.41. The number of H-pyrrole nitrogens is 1. The molecular formula is C20H28N3O8P. The maximum atomic E-state index is 13.3. The number of aromatic amines is 1. The van der Waals surface area contributed by atoms with Crippen molar-refractivity contribution in [2.75, 3.05) is 19.4 Å². The summed E-state index contributed by atoms with van der Waals surface area (Å²) in [6.07, 6.45) is -0.776. The Bertz CT molecular complexity index is 1090. The van der Waals surface area contributed by atoms with Crippen LogP contribution in [0.1, 0.15) is 40.8 Å². The van der Waals surface area contributed by atoms with Crippen molar-refractivity contribution in [3.8, 4) is 6.07 Å². The fourth-order valence-electron chi connectivity index (χ4n) is 3.80. The van der Waals surface area contributed by atoms with Gasteiger partial charge in [-0.05, 0) is 34.6 Å². The predicted molar refractivity (Wildman–Crippen MR) is 112 cm³/mol. The van der Waals surface area contributed by atoms with Crippen molar-refractivity contribution < 1.29 is 27.9 Å². The highest BCUT2D eigenvalue weighted by atomic mass is 31.2. The molecule has 2 aliphatic rings. The van der Waals surface area contributed by atoms with Gasteiger partial charge in [0.15, 0.2) is 6.23 Å². The van der Waals surface area contributed by atoms with E-state index in [2.05, 4.69) is 11.1 Å². The summed E-state index contributed by atoms with van der Waals surface area (Å²) in [4.78, 5) is 38.1. The normalized spacial score (nSPS) is 32.3. The van der Waals surface area contributed by atoms with Crippen LogP contribution >= 0.6 is 7.60 Å². The van der Waals surface area contributed by atoms with Crippen LogP contribution in [-0.4, -0.2) is 47.1 Å². The molecule has 11 nitrogen and oxygen atoms in total. The van der Waals surface area contributed by atoms with Crippen LogP contribution in [-0.2, 0) is 27.9 Å². The minimum Gasteiger partial charge on any atom is -0.462 e. The molecular weight excluding hydrogens is 441 g/mol. The standard InChI is InChI=1S/C20H28N3O8P/c1-12(2)30-17(25)19(3,4)11-29-32(27)9-13-14(8-28-32)31-16(20(13,5)10-21)23-7-6-15(24)22-18(23)26/h6-7,12-14,16H,8-9,11H2,1-5H3,(H,22,24,26)/t13-,14-,16-,20-,32?/m1/s1. The molecule has 2 fully saturated rings. The number of nitrogens with zero attached hydrogens (tertiary/aromatic N) is 2. The summed E-state index contributed by atoms with van der Waals surface area (Å²) in [5.74, 6) is -1.06. The number of aromatic nitrogens is 2. The number of carbonyl (C=O) groups is 1. The van der Waals surface area contributed by atoms with Crippen molar-refractivity contribution in [1.82, 2.24) is 9.55 Å². The van der Waals surface area contributed by atoms with Gasteiger partial charge in [-0.25, -0.2) is 4.79 Å². The van der Waals surface area contributed by atoms with Crippen LogP contribution in [0, 0.1) is 28.1 Å². The molecule has 0 aromatic carbocycles. The Hall–Kier alpha value is -2.25. The molecule has 0 amide bonds. The summed E-state index contributed by atoms with van der Waals surface area (Å²) >= 11 is 0. The van der Waals surface area contributed by atoms with Crippen LogP contribution in [0.4, 0.5) is 0 Å². The van der Waals surface area contributed by atoms with Crippen LogP contribution in [0.25, 0.3) is 0 Å². The van der Waals surface area contributed by atoms with E-state index in [9.17, 15) is 24.2 Å². The largest absolute Gasteiger partial charge is 0.462 e. The summed E-state index contributed by atoms with van der Waals surface area (Å²) in [5.41, 5.74) is -3.59. The number of fused-ring (bicyclic) bond motifs is 1. The molecule has 0 radical (unpaired) electrons. The van der Waals surface area contributed by atoms with E-state index in [0.717, 1.165) is 10.6 Å². The van der Waals surface area contributed by atoms with Gasteiger partial charge in [-0.15, -0.1) is 0 Å². The molecule has 0 saturated carbocycles. The molecule has 2 saturated heterocycles. The zero-order chi connectivity index (χ0) is 23.9. The van der Waals surface area contributed by atoms with Crippen molar-refractivity contribution >= 4 is 13.6 Å². The Labute approximate surface area is 185 Å². The van der Waals surface area contributed by atoms with Crippen molar-refractivity contribution in [2.24, 2.45) is 16.7 Å². The lowest BCUT2D eigenvalue weighted by atomic mass is 9.77. The SMILES string of the molecule is CC(C)OC(=O)C(C)(C)COP1(=O)C[C@@H]2[C@@H](CO1)O[C@@H](n1ccc(=O)[nH]c1=O)[C@]2(C)C#N. The summed E-state index contributed by atoms with van der Waals surface area (Å²) in [6, 6.07) is 3.36. The van der Waals surface area contributed by atoms with Crippen molar-refractivity contribution in [1.29, 1.82) is 5.26 Å². The summed E-state index contributed by atoms with van der Waals surface area (Å²) < 4.78 is 36.8. The van der Waals surface area contributed by atoms with Gasteiger partial charge in [0.1, 0.15) is 5.41 Å². The zero-order valence-electron chi connectivity index (χ0n) is 18.7. The molecule has 5 atom stereocenters. The Morgan fingerprint density at radius 2 is 2.16 bits per heavy atom. The highest BCUT2D eigenvalue weighted by molar-refractivity contribution is 7.53. The molecule has 2 aliphatic heterocycles. The third-order valence-electron chi connectivity index (χ3n) is 5.75. The number of rotatable bonds is 6. The highest BCUT2D eigenvalue weighted by Gasteiger charge is 2.60. The molecule has 0 bridgehead atoms. The quantitative estimate of drug-likeness (QED) is 0.486.